The molecule has 0 bridgehead atoms. The summed E-state index contributed by atoms with van der Waals surface area (Å²) >= 11 is 1.78. The zero-order chi connectivity index (χ0) is 28.2. The van der Waals surface area contributed by atoms with Gasteiger partial charge in [-0.2, -0.15) is 5.10 Å². The summed E-state index contributed by atoms with van der Waals surface area (Å²) in [7, 11) is 0. The van der Waals surface area contributed by atoms with Crippen molar-refractivity contribution in [2.75, 3.05) is 13.1 Å². The summed E-state index contributed by atoms with van der Waals surface area (Å²) in [5.74, 6) is 1.77. The Hall–Kier alpha value is -4.08. The van der Waals surface area contributed by atoms with E-state index in [-0.39, 0.29) is 5.91 Å². The first-order valence-electron chi connectivity index (χ1n) is 14.9. The van der Waals surface area contributed by atoms with Crippen LogP contribution in [0.4, 0.5) is 0 Å². The summed E-state index contributed by atoms with van der Waals surface area (Å²) in [6.45, 7) is 4.14. The Labute approximate surface area is 247 Å². The Morgan fingerprint density at radius 3 is 2.88 bits per heavy atom. The number of rotatable bonds is 6. The van der Waals surface area contributed by atoms with Crippen LogP contribution < -0.4 is 10.6 Å². The SMILES string of the molecule is Cc1ccc(-c2cncc3[nH]c(-c4[nH]nc5ncc(C6=CC7CC7CC(NC(=O)CC7CCNCC7)=C6)cc45)cc23)s1. The molecule has 0 aromatic carbocycles. The van der Waals surface area contributed by atoms with Gasteiger partial charge in [0, 0.05) is 56.2 Å². The minimum Gasteiger partial charge on any atom is -0.352 e. The van der Waals surface area contributed by atoms with Gasteiger partial charge >= 0.3 is 0 Å². The van der Waals surface area contributed by atoms with Crippen molar-refractivity contribution in [1.29, 1.82) is 0 Å². The predicted octanol–water partition coefficient (Wildman–Crippen LogP) is 6.35. The monoisotopic (exact) mass is 575 g/mol. The number of aryl methyl sites for hydroxylation is 1. The molecule has 3 aliphatic rings. The molecule has 2 atom stereocenters. The van der Waals surface area contributed by atoms with Gasteiger partial charge in [-0.1, -0.05) is 6.08 Å². The van der Waals surface area contributed by atoms with Crippen LogP contribution in [0.25, 0.3) is 49.3 Å². The normalized spacial score (nSPS) is 20.7. The summed E-state index contributed by atoms with van der Waals surface area (Å²) in [5, 5.41) is 16.5. The van der Waals surface area contributed by atoms with Crippen molar-refractivity contribution in [3.05, 3.63) is 71.1 Å². The number of hydrogen-bond acceptors (Lipinski definition) is 6. The second-order valence-electron chi connectivity index (χ2n) is 12.0. The van der Waals surface area contributed by atoms with Crippen molar-refractivity contribution in [1.82, 2.24) is 35.8 Å². The van der Waals surface area contributed by atoms with E-state index in [0.717, 1.165) is 82.4 Å². The number of carbonyl (C=O) groups is 1. The lowest BCUT2D eigenvalue weighted by atomic mass is 9.94. The maximum absolute atomic E-state index is 13.0. The lowest BCUT2D eigenvalue weighted by Gasteiger charge is -2.22. The second kappa shape index (κ2) is 10.3. The average Bonchev–Trinajstić information content (AvgIpc) is 3.29. The van der Waals surface area contributed by atoms with E-state index in [1.807, 2.05) is 18.6 Å². The van der Waals surface area contributed by atoms with E-state index in [0.29, 0.717) is 29.8 Å². The lowest BCUT2D eigenvalue weighted by molar-refractivity contribution is -0.121. The highest BCUT2D eigenvalue weighted by Gasteiger charge is 2.38. The Bertz CT molecular complexity index is 1890. The molecule has 8 rings (SSSR count). The predicted molar refractivity (Wildman–Crippen MR) is 168 cm³/mol. The third-order valence-electron chi connectivity index (χ3n) is 8.98. The highest BCUT2D eigenvalue weighted by atomic mass is 32.1. The van der Waals surface area contributed by atoms with Crippen molar-refractivity contribution in [2.24, 2.45) is 17.8 Å². The van der Waals surface area contributed by atoms with Crippen molar-refractivity contribution in [3.63, 3.8) is 0 Å². The Morgan fingerprint density at radius 2 is 2.02 bits per heavy atom. The fraction of sp³-hybridized carbons (Fsp3) is 0.333. The quantitative estimate of drug-likeness (QED) is 0.189. The smallest absolute Gasteiger partial charge is 0.224 e. The molecule has 1 amide bonds. The summed E-state index contributed by atoms with van der Waals surface area (Å²) in [6, 6.07) is 8.66. The fourth-order valence-corrected chi connectivity index (χ4v) is 7.48. The third kappa shape index (κ3) is 4.86. The van der Waals surface area contributed by atoms with Gasteiger partial charge < -0.3 is 15.6 Å². The van der Waals surface area contributed by atoms with E-state index in [9.17, 15) is 4.79 Å². The van der Waals surface area contributed by atoms with Gasteiger partial charge in [-0.25, -0.2) is 4.98 Å². The van der Waals surface area contributed by atoms with Crippen LogP contribution in [-0.4, -0.2) is 44.1 Å². The Kier molecular flexibility index (Phi) is 6.30. The Balaban J connectivity index is 1.11. The van der Waals surface area contributed by atoms with Crippen molar-refractivity contribution in [2.45, 2.75) is 39.0 Å². The molecule has 1 saturated carbocycles. The number of amides is 1. The van der Waals surface area contributed by atoms with Crippen LogP contribution in [0.5, 0.6) is 0 Å². The van der Waals surface area contributed by atoms with E-state index in [1.165, 1.54) is 16.2 Å². The molecule has 42 heavy (non-hydrogen) atoms. The molecule has 1 saturated heterocycles. The molecule has 8 nitrogen and oxygen atoms in total. The molecular weight excluding hydrogens is 542 g/mol. The number of carbonyl (C=O) groups excluding carboxylic acids is 1. The zero-order valence-electron chi connectivity index (χ0n) is 23.5. The first-order valence-corrected chi connectivity index (χ1v) is 15.7. The fourth-order valence-electron chi connectivity index (χ4n) is 6.59. The largest absolute Gasteiger partial charge is 0.352 e. The number of allylic oxidation sites excluding steroid dienone is 4. The molecule has 2 fully saturated rings. The first kappa shape index (κ1) is 25.6. The maximum atomic E-state index is 13.0. The van der Waals surface area contributed by atoms with Gasteiger partial charge in [0.15, 0.2) is 5.65 Å². The number of aromatic nitrogens is 5. The number of thiophene rings is 1. The van der Waals surface area contributed by atoms with Crippen LogP contribution in [0, 0.1) is 24.7 Å². The van der Waals surface area contributed by atoms with Crippen LogP contribution >= 0.6 is 11.3 Å². The standard InChI is InChI=1S/C33H33N7OS/c1-18-2-3-30(42-18)27-16-35-17-29-25(27)14-28(38-29)32-26-13-23(15-36-33(26)40-39-32)22-10-20-9-21(20)11-24(12-22)37-31(41)8-19-4-6-34-7-5-19/h2-3,10,12-17,19-21,34,38H,4-9,11H2,1H3,(H,37,41)(H,36,39,40). The zero-order valence-corrected chi connectivity index (χ0v) is 24.4. The molecular formula is C33H33N7OS. The van der Waals surface area contributed by atoms with E-state index in [4.69, 9.17) is 4.98 Å². The van der Waals surface area contributed by atoms with Crippen LogP contribution in [-0.2, 0) is 4.79 Å². The molecule has 9 heteroatoms. The molecule has 5 aromatic rings. The number of piperidine rings is 1. The van der Waals surface area contributed by atoms with E-state index < -0.39 is 0 Å². The third-order valence-corrected chi connectivity index (χ3v) is 10.0. The van der Waals surface area contributed by atoms with Gasteiger partial charge in [0.2, 0.25) is 5.91 Å². The van der Waals surface area contributed by atoms with Gasteiger partial charge in [0.25, 0.3) is 0 Å². The van der Waals surface area contributed by atoms with Gasteiger partial charge in [-0.3, -0.25) is 14.9 Å². The summed E-state index contributed by atoms with van der Waals surface area (Å²) in [5.41, 5.74) is 7.83. The van der Waals surface area contributed by atoms with Gasteiger partial charge in [0.05, 0.1) is 23.1 Å². The number of fused-ring (bicyclic) bond motifs is 3. The molecule has 5 aromatic heterocycles. The number of aromatic amines is 2. The minimum absolute atomic E-state index is 0.141. The van der Waals surface area contributed by atoms with Gasteiger partial charge in [-0.05, 0) is 99.4 Å². The minimum atomic E-state index is 0.141. The number of nitrogens with zero attached hydrogens (tertiary/aromatic N) is 3. The van der Waals surface area contributed by atoms with Crippen molar-refractivity contribution in [3.8, 4) is 21.8 Å². The average molecular weight is 576 g/mol. The van der Waals surface area contributed by atoms with E-state index >= 15 is 0 Å². The van der Waals surface area contributed by atoms with Gasteiger partial charge in [0.1, 0.15) is 0 Å². The molecule has 2 aliphatic carbocycles. The molecule has 6 heterocycles. The number of nitrogens with one attached hydrogen (secondary N) is 4. The maximum Gasteiger partial charge on any atom is 0.224 e. The lowest BCUT2D eigenvalue weighted by Crippen LogP contribution is -2.32. The number of pyridine rings is 2. The van der Waals surface area contributed by atoms with Crippen LogP contribution in [0.1, 0.15) is 42.5 Å². The molecule has 0 radical (unpaired) electrons. The second-order valence-corrected chi connectivity index (χ2v) is 13.3. The highest BCUT2D eigenvalue weighted by Crippen LogP contribution is 2.48. The molecule has 212 valence electrons. The number of hydrogen-bond donors (Lipinski definition) is 4. The number of H-pyrrole nitrogens is 2. The van der Waals surface area contributed by atoms with Crippen LogP contribution in [0.3, 0.4) is 0 Å². The van der Waals surface area contributed by atoms with Gasteiger partial charge in [-0.15, -0.1) is 11.3 Å². The Morgan fingerprint density at radius 1 is 1.12 bits per heavy atom. The van der Waals surface area contributed by atoms with Crippen molar-refractivity contribution >= 4 is 44.8 Å². The van der Waals surface area contributed by atoms with Crippen LogP contribution in [0.15, 0.2) is 60.7 Å². The first-order chi connectivity index (χ1) is 20.6. The topological polar surface area (TPSA) is 111 Å². The molecule has 1 aliphatic heterocycles. The van der Waals surface area contributed by atoms with Crippen LogP contribution in [0.2, 0.25) is 0 Å². The van der Waals surface area contributed by atoms with Crippen molar-refractivity contribution < 1.29 is 4.79 Å². The molecule has 0 spiro atoms. The summed E-state index contributed by atoms with van der Waals surface area (Å²) < 4.78 is 0. The summed E-state index contributed by atoms with van der Waals surface area (Å²) in [6.07, 6.45) is 15.1. The highest BCUT2D eigenvalue weighted by molar-refractivity contribution is 7.15. The van der Waals surface area contributed by atoms with E-state index in [1.54, 1.807) is 11.3 Å². The summed E-state index contributed by atoms with van der Waals surface area (Å²) in [4.78, 5) is 28.2. The molecule has 4 N–H and O–H groups in total. The molecule has 2 unspecified atom stereocenters. The van der Waals surface area contributed by atoms with E-state index in [2.05, 4.69) is 74.1 Å².